The molecule has 1 unspecified atom stereocenters. The molecular weight excluding hydrogens is 122 g/mol. The normalized spacial score (nSPS) is 13.7. The summed E-state index contributed by atoms with van der Waals surface area (Å²) in [5.74, 6) is 0. The van der Waals surface area contributed by atoms with Gasteiger partial charge in [-0.3, -0.25) is 4.57 Å². The lowest BCUT2D eigenvalue weighted by molar-refractivity contribution is 0.512. The number of hydrogen-bond acceptors (Lipinski definition) is 1. The molecule has 0 spiro atoms. The zero-order valence-corrected chi connectivity index (χ0v) is 4.70. The summed E-state index contributed by atoms with van der Waals surface area (Å²) in [6.07, 6.45) is 0. The van der Waals surface area contributed by atoms with Crippen LogP contribution in [0.5, 0.6) is 0 Å². The minimum atomic E-state index is -2.63. The molecule has 0 saturated carbocycles. The van der Waals surface area contributed by atoms with Crippen molar-refractivity contribution in [2.24, 2.45) is 0 Å². The summed E-state index contributed by atoms with van der Waals surface area (Å²) in [7, 11) is -2.63. The van der Waals surface area contributed by atoms with Crippen LogP contribution >= 0.6 is 19.6 Å². The maximum atomic E-state index is 9.65. The molecule has 0 aliphatic rings. The van der Waals surface area contributed by atoms with Crippen LogP contribution in [-0.2, 0) is 4.57 Å². The Morgan fingerprint density at radius 3 is 2.17 bits per heavy atom. The number of halogens is 1. The van der Waals surface area contributed by atoms with E-state index in [9.17, 15) is 4.57 Å². The van der Waals surface area contributed by atoms with E-state index in [1.165, 1.54) is 0 Å². The van der Waals surface area contributed by atoms with Crippen LogP contribution in [0.2, 0.25) is 0 Å². The van der Waals surface area contributed by atoms with Crippen molar-refractivity contribution >= 4 is 19.6 Å². The molecule has 1 N–H and O–H groups in total. The second-order valence-electron chi connectivity index (χ2n) is 0.710. The Kier molecular flexibility index (Phi) is 2.49. The van der Waals surface area contributed by atoms with Gasteiger partial charge >= 0.3 is 0 Å². The molecule has 0 heterocycles. The molecule has 0 amide bonds. The van der Waals surface area contributed by atoms with E-state index in [1.807, 2.05) is 0 Å². The summed E-state index contributed by atoms with van der Waals surface area (Å²) in [5.41, 5.74) is 0. The largest absolute Gasteiger partial charge is 0.343 e. The fourth-order valence-electron chi connectivity index (χ4n) is 0. The van der Waals surface area contributed by atoms with Gasteiger partial charge in [-0.2, -0.15) is 0 Å². The first kappa shape index (κ1) is 6.22. The minimum absolute atomic E-state index is 0.167. The molecule has 0 fully saturated rings. The predicted molar refractivity (Wildman–Crippen MR) is 26.2 cm³/mol. The van der Waals surface area contributed by atoms with Gasteiger partial charge in [0.05, 0.1) is 4.77 Å². The molecule has 0 saturated heterocycles. The lowest BCUT2D eigenvalue weighted by Crippen LogP contribution is -1.48. The summed E-state index contributed by atoms with van der Waals surface area (Å²) in [6, 6.07) is 0. The second-order valence-corrected chi connectivity index (χ2v) is 2.70. The smallest absolute Gasteiger partial charge is 0.228 e. The van der Waals surface area contributed by atoms with Crippen molar-refractivity contribution in [2.75, 3.05) is 0 Å². The van der Waals surface area contributed by atoms with Gasteiger partial charge in [0, 0.05) is 0 Å². The maximum Gasteiger partial charge on any atom is 0.228 e. The molecule has 0 aromatic heterocycles. The molecule has 0 bridgehead atoms. The van der Waals surface area contributed by atoms with Crippen LogP contribution in [0.25, 0.3) is 0 Å². The number of rotatable bonds is 1. The van der Waals surface area contributed by atoms with Crippen molar-refractivity contribution < 1.29 is 9.46 Å². The average molecular weight is 126 g/mol. The van der Waals surface area contributed by atoms with E-state index in [4.69, 9.17) is 16.5 Å². The van der Waals surface area contributed by atoms with Crippen molar-refractivity contribution in [1.82, 2.24) is 0 Å². The second kappa shape index (κ2) is 2.40. The maximum absolute atomic E-state index is 9.65. The Balaban J connectivity index is 3.57. The van der Waals surface area contributed by atoms with Crippen LogP contribution in [0.15, 0.2) is 11.4 Å². The zero-order chi connectivity index (χ0) is 5.15. The Hall–Kier alpha value is 0.220. The molecule has 0 aromatic rings. The van der Waals surface area contributed by atoms with E-state index in [1.54, 1.807) is 0 Å². The first-order valence-electron chi connectivity index (χ1n) is 1.22. The van der Waals surface area contributed by atoms with Gasteiger partial charge in [-0.1, -0.05) is 18.2 Å². The van der Waals surface area contributed by atoms with Crippen LogP contribution in [0.4, 0.5) is 0 Å². The summed E-state index contributed by atoms with van der Waals surface area (Å²) in [5, 5.41) is 0. The van der Waals surface area contributed by atoms with Crippen LogP contribution in [0, 0.1) is 0 Å². The average Bonchev–Trinajstić information content (AvgIpc) is 1.36. The third-order valence-corrected chi connectivity index (χ3v) is 1.18. The lowest BCUT2D eigenvalue weighted by Gasteiger charge is -1.79. The molecule has 0 aliphatic carbocycles. The van der Waals surface area contributed by atoms with Crippen molar-refractivity contribution in [2.45, 2.75) is 0 Å². The number of hydrogen-bond donors (Lipinski definition) is 1. The van der Waals surface area contributed by atoms with E-state index in [-0.39, 0.29) is 4.77 Å². The molecule has 2 nitrogen and oxygen atoms in total. The van der Waals surface area contributed by atoms with Gasteiger partial charge in [0.15, 0.2) is 0 Å². The van der Waals surface area contributed by atoms with E-state index in [2.05, 4.69) is 6.58 Å². The molecule has 1 atom stereocenters. The van der Waals surface area contributed by atoms with Crippen LogP contribution in [0.1, 0.15) is 0 Å². The SMILES string of the molecule is C=C(Cl)[PH](=O)O. The van der Waals surface area contributed by atoms with Crippen molar-refractivity contribution in [3.63, 3.8) is 0 Å². The third-order valence-electron chi connectivity index (χ3n) is 0.232. The van der Waals surface area contributed by atoms with E-state index < -0.39 is 8.03 Å². The van der Waals surface area contributed by atoms with Crippen LogP contribution in [0.3, 0.4) is 0 Å². The zero-order valence-electron chi connectivity index (χ0n) is 2.94. The van der Waals surface area contributed by atoms with Gasteiger partial charge in [-0.05, 0) is 0 Å². The van der Waals surface area contributed by atoms with Crippen LogP contribution < -0.4 is 0 Å². The Morgan fingerprint density at radius 1 is 2.00 bits per heavy atom. The molecule has 0 aliphatic heterocycles. The Labute approximate surface area is 41.3 Å². The van der Waals surface area contributed by atoms with Crippen molar-refractivity contribution in [3.8, 4) is 0 Å². The van der Waals surface area contributed by atoms with E-state index in [0.29, 0.717) is 0 Å². The van der Waals surface area contributed by atoms with Gasteiger partial charge in [0.1, 0.15) is 0 Å². The fourth-order valence-corrected chi connectivity index (χ4v) is 0. The quantitative estimate of drug-likeness (QED) is 0.536. The minimum Gasteiger partial charge on any atom is -0.343 e. The van der Waals surface area contributed by atoms with Gasteiger partial charge < -0.3 is 4.89 Å². The third kappa shape index (κ3) is 2.46. The summed E-state index contributed by atoms with van der Waals surface area (Å²) < 4.78 is 9.49. The van der Waals surface area contributed by atoms with Gasteiger partial charge in [-0.25, -0.2) is 0 Å². The van der Waals surface area contributed by atoms with Crippen molar-refractivity contribution in [1.29, 1.82) is 0 Å². The lowest BCUT2D eigenvalue weighted by atomic mass is 11.3. The molecule has 36 valence electrons. The highest BCUT2D eigenvalue weighted by atomic mass is 35.5. The summed E-state index contributed by atoms with van der Waals surface area (Å²) in [4.78, 5) is 7.94. The molecule has 0 radical (unpaired) electrons. The fraction of sp³-hybridized carbons (Fsp3) is 0. The summed E-state index contributed by atoms with van der Waals surface area (Å²) in [6.45, 7) is 3.00. The highest BCUT2D eigenvalue weighted by Gasteiger charge is 1.88. The highest BCUT2D eigenvalue weighted by Crippen LogP contribution is 2.27. The van der Waals surface area contributed by atoms with Gasteiger partial charge in [0.25, 0.3) is 0 Å². The summed E-state index contributed by atoms with van der Waals surface area (Å²) >= 11 is 4.90. The molecular formula is C2H4ClO2P. The molecule has 0 rings (SSSR count). The Morgan fingerprint density at radius 2 is 2.17 bits per heavy atom. The predicted octanol–water partition coefficient (Wildman–Crippen LogP) is 1.16. The van der Waals surface area contributed by atoms with Gasteiger partial charge in [-0.15, -0.1) is 0 Å². The topological polar surface area (TPSA) is 37.3 Å². The first-order chi connectivity index (χ1) is 2.64. The molecule has 0 aromatic carbocycles. The van der Waals surface area contributed by atoms with E-state index >= 15 is 0 Å². The molecule has 4 heteroatoms. The van der Waals surface area contributed by atoms with E-state index in [0.717, 1.165) is 0 Å². The Bertz CT molecular complexity index is 77.5. The van der Waals surface area contributed by atoms with Crippen LogP contribution in [-0.4, -0.2) is 4.89 Å². The van der Waals surface area contributed by atoms with Crippen molar-refractivity contribution in [3.05, 3.63) is 11.4 Å². The standard InChI is InChI=1S/C2H4ClO2P/c1-2(3)6(4)5/h6H,1H2,(H,4,5). The van der Waals surface area contributed by atoms with Gasteiger partial charge in [0.2, 0.25) is 8.03 Å². The highest BCUT2D eigenvalue weighted by molar-refractivity contribution is 7.46. The first-order valence-corrected chi connectivity index (χ1v) is 2.95. The molecule has 6 heavy (non-hydrogen) atoms. The monoisotopic (exact) mass is 126 g/mol.